The lowest BCUT2D eigenvalue weighted by molar-refractivity contribution is -0.157. The summed E-state index contributed by atoms with van der Waals surface area (Å²) < 4.78 is 13.6. The van der Waals surface area contributed by atoms with Crippen LogP contribution in [-0.2, 0) is 22.6 Å². The summed E-state index contributed by atoms with van der Waals surface area (Å²) in [6.45, 7) is 0.917. The predicted octanol–water partition coefficient (Wildman–Crippen LogP) is 3.73. The maximum absolute atomic E-state index is 13.6. The summed E-state index contributed by atoms with van der Waals surface area (Å²) in [6.07, 6.45) is 0.494. The van der Waals surface area contributed by atoms with Gasteiger partial charge in [0.1, 0.15) is 6.04 Å². The molecule has 0 N–H and O–H groups in total. The number of nitrogens with zero attached hydrogens (tertiary/aromatic N) is 3. The fourth-order valence-electron chi connectivity index (χ4n) is 6.00. The molecule has 7 nitrogen and oxygen atoms in total. The fourth-order valence-corrected chi connectivity index (χ4v) is 6.00. The van der Waals surface area contributed by atoms with Gasteiger partial charge >= 0.3 is 0 Å². The molecule has 0 saturated carbocycles. The Morgan fingerprint density at radius 2 is 1.69 bits per heavy atom. The summed E-state index contributed by atoms with van der Waals surface area (Å²) in [4.78, 5) is 30.3. The van der Waals surface area contributed by atoms with Crippen LogP contribution in [0.25, 0.3) is 10.9 Å². The Morgan fingerprint density at radius 1 is 0.917 bits per heavy atom. The molecule has 4 aromatic rings. The molecule has 2 amide bonds. The molecule has 0 bridgehead atoms. The molecule has 7 heteroatoms. The molecule has 1 fully saturated rings. The lowest BCUT2D eigenvalue weighted by Crippen LogP contribution is -2.62. The number of carbonyl (C=O) groups excluding carboxylic acids is 2. The molecule has 3 aliphatic rings. The first kappa shape index (κ1) is 21.1. The first-order valence-electron chi connectivity index (χ1n) is 12.2. The topological polar surface area (TPSA) is 64.0 Å². The van der Waals surface area contributed by atoms with Crippen molar-refractivity contribution in [2.24, 2.45) is 0 Å². The van der Waals surface area contributed by atoms with Crippen molar-refractivity contribution >= 4 is 22.7 Å². The van der Waals surface area contributed by atoms with Gasteiger partial charge in [-0.15, -0.1) is 0 Å². The Labute approximate surface area is 208 Å². The van der Waals surface area contributed by atoms with Crippen LogP contribution in [-0.4, -0.2) is 52.6 Å². The van der Waals surface area contributed by atoms with Crippen LogP contribution in [0.1, 0.15) is 28.4 Å². The van der Waals surface area contributed by atoms with Crippen LogP contribution >= 0.6 is 0 Å². The van der Waals surface area contributed by atoms with Crippen molar-refractivity contribution in [1.29, 1.82) is 0 Å². The van der Waals surface area contributed by atoms with E-state index in [0.29, 0.717) is 24.5 Å². The minimum absolute atomic E-state index is 0.0223. The summed E-state index contributed by atoms with van der Waals surface area (Å²) in [5, 5.41) is 1.13. The molecule has 7 rings (SSSR count). The maximum Gasteiger partial charge on any atom is 0.245 e. The normalized spacial score (nSPS) is 20.6. The third-order valence-electron chi connectivity index (χ3n) is 7.61. The fraction of sp³-hybridized carbons (Fsp3) is 0.241. The van der Waals surface area contributed by atoms with Crippen molar-refractivity contribution in [3.05, 3.63) is 95.2 Å². The quantitative estimate of drug-likeness (QED) is 0.449. The van der Waals surface area contributed by atoms with Gasteiger partial charge in [-0.05, 0) is 34.9 Å². The SMILES string of the molecule is CN1CC(=O)N2[C@H](c3ccc4c(c3)OCO4)c3c(c4ccccc4n3Cc3ccccc3)C[C@H]2C1=O. The first-order chi connectivity index (χ1) is 17.6. The van der Waals surface area contributed by atoms with E-state index in [1.807, 2.05) is 53.4 Å². The van der Waals surface area contributed by atoms with Gasteiger partial charge < -0.3 is 23.8 Å². The zero-order valence-electron chi connectivity index (χ0n) is 19.9. The van der Waals surface area contributed by atoms with Gasteiger partial charge in [0.15, 0.2) is 11.5 Å². The highest BCUT2D eigenvalue weighted by Gasteiger charge is 2.48. The van der Waals surface area contributed by atoms with E-state index in [1.165, 1.54) is 5.56 Å². The second-order valence-corrected chi connectivity index (χ2v) is 9.68. The van der Waals surface area contributed by atoms with Crippen LogP contribution in [0.15, 0.2) is 72.8 Å². The number of amides is 2. The zero-order chi connectivity index (χ0) is 24.4. The van der Waals surface area contributed by atoms with Crippen LogP contribution in [0.4, 0.5) is 0 Å². The molecule has 2 atom stereocenters. The van der Waals surface area contributed by atoms with Crippen molar-refractivity contribution in [2.45, 2.75) is 25.0 Å². The average Bonchev–Trinajstić information content (AvgIpc) is 3.49. The van der Waals surface area contributed by atoms with Crippen LogP contribution < -0.4 is 9.47 Å². The Kier molecular flexibility index (Phi) is 4.61. The van der Waals surface area contributed by atoms with Gasteiger partial charge in [-0.3, -0.25) is 9.59 Å². The number of hydrogen-bond donors (Lipinski definition) is 0. The third-order valence-corrected chi connectivity index (χ3v) is 7.61. The van der Waals surface area contributed by atoms with Crippen LogP contribution in [0.3, 0.4) is 0 Å². The number of likely N-dealkylation sites (N-methyl/N-ethyl adjacent to an activating group) is 1. The molecule has 0 aliphatic carbocycles. The number of aromatic nitrogens is 1. The van der Waals surface area contributed by atoms with Crippen molar-refractivity contribution in [3.63, 3.8) is 0 Å². The van der Waals surface area contributed by atoms with Crippen molar-refractivity contribution in [1.82, 2.24) is 14.4 Å². The van der Waals surface area contributed by atoms with E-state index < -0.39 is 12.1 Å². The molecule has 0 unspecified atom stereocenters. The van der Waals surface area contributed by atoms with Gasteiger partial charge in [-0.25, -0.2) is 0 Å². The van der Waals surface area contributed by atoms with E-state index in [1.54, 1.807) is 11.9 Å². The van der Waals surface area contributed by atoms with Crippen molar-refractivity contribution in [3.8, 4) is 11.5 Å². The number of rotatable bonds is 3. The third kappa shape index (κ3) is 3.05. The Balaban J connectivity index is 1.50. The van der Waals surface area contributed by atoms with Crippen molar-refractivity contribution in [2.75, 3.05) is 20.4 Å². The molecule has 0 spiro atoms. The Hall–Kier alpha value is -4.26. The highest BCUT2D eigenvalue weighted by Crippen LogP contribution is 2.46. The lowest BCUT2D eigenvalue weighted by atomic mass is 9.86. The second-order valence-electron chi connectivity index (χ2n) is 9.68. The Morgan fingerprint density at radius 3 is 2.56 bits per heavy atom. The van der Waals surface area contributed by atoms with E-state index in [4.69, 9.17) is 9.47 Å². The largest absolute Gasteiger partial charge is 0.454 e. The minimum atomic E-state index is -0.546. The van der Waals surface area contributed by atoms with E-state index in [9.17, 15) is 9.59 Å². The standard InChI is InChI=1S/C29H25N3O4/c1-30-16-26(33)32-23(29(30)34)14-21-20-9-5-6-10-22(20)31(15-18-7-3-2-4-8-18)28(21)27(32)19-11-12-24-25(13-19)36-17-35-24/h2-13,23,27H,14-17H2,1H3/t23-,27+/m0/s1. The number of ether oxygens (including phenoxy) is 2. The maximum atomic E-state index is 13.6. The molecular formula is C29H25N3O4. The van der Waals surface area contributed by atoms with E-state index in [2.05, 4.69) is 28.8 Å². The molecule has 180 valence electrons. The molecule has 0 radical (unpaired) electrons. The molecule has 3 aliphatic heterocycles. The smallest absolute Gasteiger partial charge is 0.245 e. The summed E-state index contributed by atoms with van der Waals surface area (Å²) in [6, 6.07) is 23.6. The number of hydrogen-bond acceptors (Lipinski definition) is 4. The number of piperazine rings is 1. The summed E-state index contributed by atoms with van der Waals surface area (Å²) in [5.41, 5.74) is 5.37. The molecular weight excluding hydrogens is 454 g/mol. The van der Waals surface area contributed by atoms with Crippen LogP contribution in [0, 0.1) is 0 Å². The minimum Gasteiger partial charge on any atom is -0.454 e. The van der Waals surface area contributed by atoms with Crippen molar-refractivity contribution < 1.29 is 19.1 Å². The van der Waals surface area contributed by atoms with Gasteiger partial charge in [0.25, 0.3) is 0 Å². The molecule has 36 heavy (non-hydrogen) atoms. The highest BCUT2D eigenvalue weighted by molar-refractivity contribution is 5.97. The van der Waals surface area contributed by atoms with Crippen LogP contribution in [0.5, 0.6) is 11.5 Å². The van der Waals surface area contributed by atoms with Gasteiger partial charge in [0.05, 0.1) is 12.6 Å². The number of carbonyl (C=O) groups is 2. The number of para-hydroxylation sites is 1. The van der Waals surface area contributed by atoms with E-state index in [-0.39, 0.29) is 25.2 Å². The van der Waals surface area contributed by atoms with Gasteiger partial charge in [-0.2, -0.15) is 0 Å². The highest BCUT2D eigenvalue weighted by atomic mass is 16.7. The second kappa shape index (κ2) is 7.88. The number of fused-ring (bicyclic) bond motifs is 5. The first-order valence-corrected chi connectivity index (χ1v) is 12.2. The Bertz CT molecular complexity index is 1530. The van der Waals surface area contributed by atoms with E-state index in [0.717, 1.165) is 27.7 Å². The lowest BCUT2D eigenvalue weighted by Gasteiger charge is -2.46. The molecule has 1 aromatic heterocycles. The van der Waals surface area contributed by atoms with Gasteiger partial charge in [0.2, 0.25) is 18.6 Å². The average molecular weight is 480 g/mol. The molecule has 1 saturated heterocycles. The van der Waals surface area contributed by atoms with Gasteiger partial charge in [-0.1, -0.05) is 54.6 Å². The molecule has 3 aromatic carbocycles. The molecule has 4 heterocycles. The monoisotopic (exact) mass is 479 g/mol. The van der Waals surface area contributed by atoms with E-state index >= 15 is 0 Å². The summed E-state index contributed by atoms with van der Waals surface area (Å²) in [7, 11) is 1.71. The predicted molar refractivity (Wildman–Crippen MR) is 134 cm³/mol. The van der Waals surface area contributed by atoms with Gasteiger partial charge in [0, 0.05) is 36.6 Å². The zero-order valence-corrected chi connectivity index (χ0v) is 19.9. The van der Waals surface area contributed by atoms with Crippen LogP contribution in [0.2, 0.25) is 0 Å². The summed E-state index contributed by atoms with van der Waals surface area (Å²) in [5.74, 6) is 1.28. The number of benzene rings is 3. The summed E-state index contributed by atoms with van der Waals surface area (Å²) >= 11 is 0.